The highest BCUT2D eigenvalue weighted by Gasteiger charge is 2.24. The average molecular weight is 432 g/mol. The molecule has 0 aliphatic carbocycles. The number of rotatable bonds is 5. The second kappa shape index (κ2) is 7.07. The standard InChI is InChI=1S/C18H18BrN5O3/c1-3-12-14(10-7-11(19)15-13(8-10)26-9-27-15)16(20)24(23-12)17-18(25-4-2)22-6-5-21-17/h5-8H,3-4,9,20H2,1-2H3. The van der Waals surface area contributed by atoms with E-state index in [1.807, 2.05) is 26.0 Å². The molecule has 0 saturated carbocycles. The smallest absolute Gasteiger partial charge is 0.259 e. The summed E-state index contributed by atoms with van der Waals surface area (Å²) in [4.78, 5) is 8.60. The van der Waals surface area contributed by atoms with Crippen LogP contribution >= 0.6 is 15.9 Å². The number of hydrogen-bond donors (Lipinski definition) is 1. The Labute approximate surface area is 164 Å². The van der Waals surface area contributed by atoms with Crippen LogP contribution in [0.1, 0.15) is 19.5 Å². The summed E-state index contributed by atoms with van der Waals surface area (Å²) in [6.07, 6.45) is 3.86. The van der Waals surface area contributed by atoms with Crippen molar-refractivity contribution in [3.8, 4) is 34.3 Å². The van der Waals surface area contributed by atoms with Gasteiger partial charge in [-0.05, 0) is 47.0 Å². The molecule has 8 nitrogen and oxygen atoms in total. The van der Waals surface area contributed by atoms with Crippen LogP contribution in [0.2, 0.25) is 0 Å². The van der Waals surface area contributed by atoms with Crippen LogP contribution in [0.5, 0.6) is 17.4 Å². The molecule has 4 rings (SSSR count). The van der Waals surface area contributed by atoms with Crippen LogP contribution in [0.25, 0.3) is 16.9 Å². The lowest BCUT2D eigenvalue weighted by atomic mass is 10.0. The van der Waals surface area contributed by atoms with Gasteiger partial charge in [0.1, 0.15) is 5.82 Å². The number of fused-ring (bicyclic) bond motifs is 1. The first-order valence-electron chi connectivity index (χ1n) is 8.55. The summed E-state index contributed by atoms with van der Waals surface area (Å²) in [5.41, 5.74) is 9.04. The zero-order valence-electron chi connectivity index (χ0n) is 14.9. The van der Waals surface area contributed by atoms with E-state index in [1.54, 1.807) is 17.1 Å². The van der Waals surface area contributed by atoms with Crippen molar-refractivity contribution in [2.45, 2.75) is 20.3 Å². The zero-order valence-corrected chi connectivity index (χ0v) is 16.5. The van der Waals surface area contributed by atoms with Crippen LogP contribution in [0.3, 0.4) is 0 Å². The number of benzene rings is 1. The van der Waals surface area contributed by atoms with E-state index in [0.717, 1.165) is 21.3 Å². The van der Waals surface area contributed by atoms with E-state index in [-0.39, 0.29) is 6.79 Å². The van der Waals surface area contributed by atoms with Gasteiger partial charge in [0, 0.05) is 18.0 Å². The molecule has 0 amide bonds. The topological polar surface area (TPSA) is 97.3 Å². The summed E-state index contributed by atoms with van der Waals surface area (Å²) in [6.45, 7) is 4.58. The van der Waals surface area contributed by atoms with Crippen molar-refractivity contribution >= 4 is 21.7 Å². The number of hydrogen-bond acceptors (Lipinski definition) is 7. The van der Waals surface area contributed by atoms with E-state index in [0.29, 0.717) is 42.0 Å². The van der Waals surface area contributed by atoms with Crippen LogP contribution in [0.15, 0.2) is 29.0 Å². The molecule has 1 aliphatic rings. The molecule has 2 aromatic heterocycles. The lowest BCUT2D eigenvalue weighted by molar-refractivity contribution is 0.173. The Morgan fingerprint density at radius 1 is 1.22 bits per heavy atom. The second-order valence-electron chi connectivity index (χ2n) is 5.78. The molecule has 0 fully saturated rings. The molecule has 140 valence electrons. The number of ether oxygens (including phenoxy) is 3. The SMILES string of the molecule is CCOc1nccnc1-n1nc(CC)c(-c2cc(Br)c3c(c2)OCO3)c1N. The molecule has 0 saturated heterocycles. The van der Waals surface area contributed by atoms with Crippen molar-refractivity contribution in [1.29, 1.82) is 0 Å². The third kappa shape index (κ3) is 2.97. The highest BCUT2D eigenvalue weighted by Crippen LogP contribution is 2.44. The summed E-state index contributed by atoms with van der Waals surface area (Å²) in [5.74, 6) is 2.66. The molecule has 2 N–H and O–H groups in total. The Bertz CT molecular complexity index is 1000. The van der Waals surface area contributed by atoms with Gasteiger partial charge in [0.05, 0.1) is 16.8 Å². The third-order valence-electron chi connectivity index (χ3n) is 4.17. The summed E-state index contributed by atoms with van der Waals surface area (Å²) < 4.78 is 19.0. The predicted octanol–water partition coefficient (Wildman–Crippen LogP) is 3.36. The highest BCUT2D eigenvalue weighted by molar-refractivity contribution is 9.10. The molecule has 0 radical (unpaired) electrons. The van der Waals surface area contributed by atoms with E-state index in [4.69, 9.17) is 19.9 Å². The highest BCUT2D eigenvalue weighted by atomic mass is 79.9. The molecule has 27 heavy (non-hydrogen) atoms. The number of nitrogen functional groups attached to an aromatic ring is 1. The maximum atomic E-state index is 6.49. The average Bonchev–Trinajstić information content (AvgIpc) is 3.27. The molecule has 0 bridgehead atoms. The first-order chi connectivity index (χ1) is 13.1. The number of aryl methyl sites for hydroxylation is 1. The van der Waals surface area contributed by atoms with Crippen molar-refractivity contribution in [2.24, 2.45) is 0 Å². The molecule has 1 aliphatic heterocycles. The van der Waals surface area contributed by atoms with Crippen molar-refractivity contribution in [2.75, 3.05) is 19.1 Å². The maximum Gasteiger partial charge on any atom is 0.259 e. The van der Waals surface area contributed by atoms with Gasteiger partial charge in [0.2, 0.25) is 12.6 Å². The third-order valence-corrected chi connectivity index (χ3v) is 4.76. The van der Waals surface area contributed by atoms with Crippen molar-refractivity contribution in [3.05, 3.63) is 34.7 Å². The zero-order chi connectivity index (χ0) is 19.0. The Morgan fingerprint density at radius 3 is 2.81 bits per heavy atom. The lowest BCUT2D eigenvalue weighted by Gasteiger charge is -2.09. The first-order valence-corrected chi connectivity index (χ1v) is 9.34. The minimum absolute atomic E-state index is 0.198. The van der Waals surface area contributed by atoms with Crippen LogP contribution in [-0.4, -0.2) is 33.1 Å². The summed E-state index contributed by atoms with van der Waals surface area (Å²) in [7, 11) is 0. The second-order valence-corrected chi connectivity index (χ2v) is 6.64. The number of nitrogens with zero attached hydrogens (tertiary/aromatic N) is 4. The Morgan fingerprint density at radius 2 is 2.04 bits per heavy atom. The van der Waals surface area contributed by atoms with Crippen LogP contribution in [-0.2, 0) is 6.42 Å². The van der Waals surface area contributed by atoms with E-state index in [1.165, 1.54) is 0 Å². The fourth-order valence-corrected chi connectivity index (χ4v) is 3.57. The molecule has 9 heteroatoms. The Kier molecular flexibility index (Phi) is 4.61. The number of nitrogens with two attached hydrogens (primary N) is 1. The van der Waals surface area contributed by atoms with E-state index < -0.39 is 0 Å². The van der Waals surface area contributed by atoms with Crippen LogP contribution in [0, 0.1) is 0 Å². The van der Waals surface area contributed by atoms with Gasteiger partial charge in [0.15, 0.2) is 11.5 Å². The molecule has 0 atom stereocenters. The van der Waals surface area contributed by atoms with Crippen LogP contribution in [0.4, 0.5) is 5.82 Å². The first kappa shape index (κ1) is 17.6. The molecule has 0 unspecified atom stereocenters. The number of halogens is 1. The van der Waals surface area contributed by atoms with Crippen molar-refractivity contribution in [3.63, 3.8) is 0 Å². The van der Waals surface area contributed by atoms with Gasteiger partial charge in [-0.2, -0.15) is 9.78 Å². The van der Waals surface area contributed by atoms with Crippen LogP contribution < -0.4 is 19.9 Å². The molecule has 0 spiro atoms. The van der Waals surface area contributed by atoms with Gasteiger partial charge in [-0.1, -0.05) is 6.92 Å². The van der Waals surface area contributed by atoms with Gasteiger partial charge < -0.3 is 19.9 Å². The largest absolute Gasteiger partial charge is 0.475 e. The fourth-order valence-electron chi connectivity index (χ4n) is 3.02. The molecule has 1 aromatic carbocycles. The summed E-state index contributed by atoms with van der Waals surface area (Å²) in [5, 5.41) is 4.66. The molecule has 3 heterocycles. The fraction of sp³-hybridized carbons (Fsp3) is 0.278. The van der Waals surface area contributed by atoms with E-state index in [9.17, 15) is 0 Å². The number of anilines is 1. The van der Waals surface area contributed by atoms with E-state index in [2.05, 4.69) is 31.0 Å². The van der Waals surface area contributed by atoms with Gasteiger partial charge in [-0.3, -0.25) is 0 Å². The quantitative estimate of drug-likeness (QED) is 0.660. The van der Waals surface area contributed by atoms with Gasteiger partial charge in [-0.25, -0.2) is 9.97 Å². The summed E-state index contributed by atoms with van der Waals surface area (Å²) in [6, 6.07) is 3.86. The monoisotopic (exact) mass is 431 g/mol. The lowest BCUT2D eigenvalue weighted by Crippen LogP contribution is -2.08. The van der Waals surface area contributed by atoms with Gasteiger partial charge >= 0.3 is 0 Å². The minimum atomic E-state index is 0.198. The normalized spacial score (nSPS) is 12.4. The molecular weight excluding hydrogens is 414 g/mol. The molecular formula is C18H18BrN5O3. The Balaban J connectivity index is 1.88. The van der Waals surface area contributed by atoms with Crippen molar-refractivity contribution in [1.82, 2.24) is 19.7 Å². The minimum Gasteiger partial charge on any atom is -0.475 e. The summed E-state index contributed by atoms with van der Waals surface area (Å²) >= 11 is 3.53. The maximum absolute atomic E-state index is 6.49. The van der Waals surface area contributed by atoms with Gasteiger partial charge in [-0.15, -0.1) is 0 Å². The predicted molar refractivity (Wildman–Crippen MR) is 103 cm³/mol. The van der Waals surface area contributed by atoms with Crippen molar-refractivity contribution < 1.29 is 14.2 Å². The van der Waals surface area contributed by atoms with E-state index >= 15 is 0 Å². The van der Waals surface area contributed by atoms with Gasteiger partial charge in [0.25, 0.3) is 5.88 Å². The Hall–Kier alpha value is -2.81. The molecule has 3 aromatic rings. The number of aromatic nitrogens is 4.